The van der Waals surface area contributed by atoms with Crippen LogP contribution in [0.15, 0.2) is 59.8 Å². The molecule has 21 heavy (non-hydrogen) atoms. The standard InChI is InChI=1S/C14H14N4O2S/c15-21(19,20)13-6-4-11(5-7-13)16-9-12-10-18-8-2-1-3-14(18)17-12/h1-8,10,16H,9H2,(H2,15,19,20). The van der Waals surface area contributed by atoms with Gasteiger partial charge in [0.2, 0.25) is 10.0 Å². The summed E-state index contributed by atoms with van der Waals surface area (Å²) in [6.45, 7) is 0.552. The molecule has 3 rings (SSSR count). The molecule has 0 spiro atoms. The number of hydrogen-bond donors (Lipinski definition) is 2. The topological polar surface area (TPSA) is 89.5 Å². The fourth-order valence-corrected chi connectivity index (χ4v) is 2.54. The molecule has 0 unspecified atom stereocenters. The normalized spacial score (nSPS) is 11.7. The molecule has 3 N–H and O–H groups in total. The Kier molecular flexibility index (Phi) is 3.36. The van der Waals surface area contributed by atoms with Crippen LogP contribution in [0.2, 0.25) is 0 Å². The number of imidazole rings is 1. The molecule has 2 heterocycles. The number of anilines is 1. The summed E-state index contributed by atoms with van der Waals surface area (Å²) < 4.78 is 24.3. The van der Waals surface area contributed by atoms with Crippen LogP contribution in [-0.4, -0.2) is 17.8 Å². The third-order valence-corrected chi connectivity index (χ3v) is 4.00. The van der Waals surface area contributed by atoms with Gasteiger partial charge in [0.15, 0.2) is 0 Å². The van der Waals surface area contributed by atoms with Crippen molar-refractivity contribution in [3.63, 3.8) is 0 Å². The highest BCUT2D eigenvalue weighted by Gasteiger charge is 2.06. The van der Waals surface area contributed by atoms with Crippen molar-refractivity contribution in [3.8, 4) is 0 Å². The minimum Gasteiger partial charge on any atom is -0.379 e. The maximum Gasteiger partial charge on any atom is 0.238 e. The highest BCUT2D eigenvalue weighted by molar-refractivity contribution is 7.89. The van der Waals surface area contributed by atoms with Crippen LogP contribution in [0.4, 0.5) is 5.69 Å². The molecule has 2 aromatic heterocycles. The molecule has 3 aromatic rings. The fourth-order valence-electron chi connectivity index (χ4n) is 2.03. The number of rotatable bonds is 4. The summed E-state index contributed by atoms with van der Waals surface area (Å²) in [5.74, 6) is 0. The minimum absolute atomic E-state index is 0.0979. The second-order valence-corrected chi connectivity index (χ2v) is 6.18. The Morgan fingerprint density at radius 2 is 1.90 bits per heavy atom. The summed E-state index contributed by atoms with van der Waals surface area (Å²) >= 11 is 0. The first kappa shape index (κ1) is 13.6. The molecule has 0 fully saturated rings. The van der Waals surface area contributed by atoms with Gasteiger partial charge in [-0.3, -0.25) is 0 Å². The van der Waals surface area contributed by atoms with Crippen LogP contribution in [0.25, 0.3) is 5.65 Å². The van der Waals surface area contributed by atoms with E-state index in [1.165, 1.54) is 12.1 Å². The van der Waals surface area contributed by atoms with Crippen molar-refractivity contribution < 1.29 is 8.42 Å². The van der Waals surface area contributed by atoms with Crippen LogP contribution in [0.1, 0.15) is 5.69 Å². The molecule has 0 aliphatic rings. The Bertz CT molecular complexity index is 836. The summed E-state index contributed by atoms with van der Waals surface area (Å²) in [5, 5.41) is 8.24. The van der Waals surface area contributed by atoms with Crippen molar-refractivity contribution in [2.24, 2.45) is 5.14 Å². The van der Waals surface area contributed by atoms with E-state index in [0.717, 1.165) is 17.0 Å². The molecule has 6 nitrogen and oxygen atoms in total. The molecule has 1 aromatic carbocycles. The summed E-state index contributed by atoms with van der Waals surface area (Å²) in [4.78, 5) is 4.57. The Balaban J connectivity index is 1.72. The maximum atomic E-state index is 11.2. The lowest BCUT2D eigenvalue weighted by Crippen LogP contribution is -2.12. The van der Waals surface area contributed by atoms with Gasteiger partial charge in [0.1, 0.15) is 5.65 Å². The largest absolute Gasteiger partial charge is 0.379 e. The van der Waals surface area contributed by atoms with E-state index in [-0.39, 0.29) is 4.90 Å². The van der Waals surface area contributed by atoms with Gasteiger partial charge < -0.3 is 9.72 Å². The van der Waals surface area contributed by atoms with Crippen LogP contribution in [0.3, 0.4) is 0 Å². The second kappa shape index (κ2) is 5.19. The number of primary sulfonamides is 1. The van der Waals surface area contributed by atoms with E-state index >= 15 is 0 Å². The number of fused-ring (bicyclic) bond motifs is 1. The van der Waals surface area contributed by atoms with E-state index < -0.39 is 10.0 Å². The molecular formula is C14H14N4O2S. The third kappa shape index (κ3) is 3.04. The summed E-state index contributed by atoms with van der Waals surface area (Å²) in [6.07, 6.45) is 3.88. The summed E-state index contributed by atoms with van der Waals surface area (Å²) in [6, 6.07) is 12.1. The van der Waals surface area contributed by atoms with Crippen LogP contribution >= 0.6 is 0 Å². The second-order valence-electron chi connectivity index (χ2n) is 4.62. The van der Waals surface area contributed by atoms with E-state index in [1.807, 2.05) is 35.0 Å². The van der Waals surface area contributed by atoms with Crippen molar-refractivity contribution in [2.45, 2.75) is 11.4 Å². The zero-order valence-corrected chi connectivity index (χ0v) is 11.9. The molecule has 0 amide bonds. The predicted molar refractivity (Wildman–Crippen MR) is 80.3 cm³/mol. The Labute approximate surface area is 122 Å². The maximum absolute atomic E-state index is 11.2. The number of nitrogens with zero attached hydrogens (tertiary/aromatic N) is 2. The Hall–Kier alpha value is -2.38. The quantitative estimate of drug-likeness (QED) is 0.766. The molecule has 0 atom stereocenters. The highest BCUT2D eigenvalue weighted by atomic mass is 32.2. The van der Waals surface area contributed by atoms with Gasteiger partial charge in [0.25, 0.3) is 0 Å². The van der Waals surface area contributed by atoms with Gasteiger partial charge in [-0.1, -0.05) is 6.07 Å². The molecule has 0 aliphatic heterocycles. The van der Waals surface area contributed by atoms with Gasteiger partial charge >= 0.3 is 0 Å². The Morgan fingerprint density at radius 3 is 2.57 bits per heavy atom. The Morgan fingerprint density at radius 1 is 1.14 bits per heavy atom. The average molecular weight is 302 g/mol. The number of pyridine rings is 1. The van der Waals surface area contributed by atoms with Gasteiger partial charge in [-0.15, -0.1) is 0 Å². The molecule has 0 saturated carbocycles. The number of sulfonamides is 1. The first-order valence-electron chi connectivity index (χ1n) is 6.32. The number of benzene rings is 1. The monoisotopic (exact) mass is 302 g/mol. The molecule has 108 valence electrons. The lowest BCUT2D eigenvalue weighted by atomic mass is 10.3. The summed E-state index contributed by atoms with van der Waals surface area (Å²) in [5.41, 5.74) is 2.59. The van der Waals surface area contributed by atoms with Crippen molar-refractivity contribution >= 4 is 21.4 Å². The van der Waals surface area contributed by atoms with Gasteiger partial charge in [-0.05, 0) is 36.4 Å². The highest BCUT2D eigenvalue weighted by Crippen LogP contribution is 2.14. The fraction of sp³-hybridized carbons (Fsp3) is 0.0714. The SMILES string of the molecule is NS(=O)(=O)c1ccc(NCc2cn3ccccc3n2)cc1. The molecule has 0 bridgehead atoms. The molecule has 7 heteroatoms. The number of aromatic nitrogens is 2. The third-order valence-electron chi connectivity index (χ3n) is 3.07. The van der Waals surface area contributed by atoms with Gasteiger partial charge in [-0.25, -0.2) is 18.5 Å². The van der Waals surface area contributed by atoms with E-state index in [4.69, 9.17) is 5.14 Å². The number of hydrogen-bond acceptors (Lipinski definition) is 4. The van der Waals surface area contributed by atoms with E-state index in [2.05, 4.69) is 10.3 Å². The van der Waals surface area contributed by atoms with E-state index in [9.17, 15) is 8.42 Å². The van der Waals surface area contributed by atoms with E-state index in [0.29, 0.717) is 6.54 Å². The molecular weight excluding hydrogens is 288 g/mol. The predicted octanol–water partition coefficient (Wildman–Crippen LogP) is 1.59. The lowest BCUT2D eigenvalue weighted by Gasteiger charge is -2.05. The zero-order chi connectivity index (χ0) is 14.9. The van der Waals surface area contributed by atoms with Crippen molar-refractivity contribution in [2.75, 3.05) is 5.32 Å². The average Bonchev–Trinajstić information content (AvgIpc) is 2.87. The van der Waals surface area contributed by atoms with Crippen LogP contribution in [0, 0.1) is 0 Å². The van der Waals surface area contributed by atoms with Crippen LogP contribution < -0.4 is 10.5 Å². The first-order valence-corrected chi connectivity index (χ1v) is 7.86. The van der Waals surface area contributed by atoms with Crippen molar-refractivity contribution in [1.82, 2.24) is 9.38 Å². The molecule has 0 radical (unpaired) electrons. The zero-order valence-electron chi connectivity index (χ0n) is 11.1. The van der Waals surface area contributed by atoms with Crippen LogP contribution in [0.5, 0.6) is 0 Å². The lowest BCUT2D eigenvalue weighted by molar-refractivity contribution is 0.598. The molecule has 0 aliphatic carbocycles. The number of nitrogens with one attached hydrogen (secondary N) is 1. The first-order chi connectivity index (χ1) is 10.0. The van der Waals surface area contributed by atoms with Crippen LogP contribution in [-0.2, 0) is 16.6 Å². The van der Waals surface area contributed by atoms with Crippen molar-refractivity contribution in [3.05, 3.63) is 60.6 Å². The smallest absolute Gasteiger partial charge is 0.238 e. The van der Waals surface area contributed by atoms with Gasteiger partial charge in [0, 0.05) is 18.1 Å². The van der Waals surface area contributed by atoms with E-state index in [1.54, 1.807) is 12.1 Å². The summed E-state index contributed by atoms with van der Waals surface area (Å²) in [7, 11) is -3.65. The minimum atomic E-state index is -3.65. The molecule has 0 saturated heterocycles. The van der Waals surface area contributed by atoms with Gasteiger partial charge in [0.05, 0.1) is 17.1 Å². The number of nitrogens with two attached hydrogens (primary N) is 1. The van der Waals surface area contributed by atoms with Crippen molar-refractivity contribution in [1.29, 1.82) is 0 Å². The van der Waals surface area contributed by atoms with Gasteiger partial charge in [-0.2, -0.15) is 0 Å².